The van der Waals surface area contributed by atoms with Gasteiger partial charge in [0.15, 0.2) is 6.17 Å². The van der Waals surface area contributed by atoms with E-state index in [1.807, 2.05) is 0 Å². The van der Waals surface area contributed by atoms with Crippen molar-refractivity contribution in [2.24, 2.45) is 29.6 Å². The maximum Gasteiger partial charge on any atom is 0.157 e. The molecular formula is C20H34F2O. The van der Waals surface area contributed by atoms with Crippen molar-refractivity contribution in [2.75, 3.05) is 0 Å². The number of halogens is 2. The van der Waals surface area contributed by atoms with Crippen molar-refractivity contribution < 1.29 is 13.9 Å². The molecule has 3 rings (SSSR count). The first kappa shape index (κ1) is 17.6. The van der Waals surface area contributed by atoms with Gasteiger partial charge in [-0.05, 0) is 81.0 Å². The van der Waals surface area contributed by atoms with E-state index >= 15 is 0 Å². The van der Waals surface area contributed by atoms with Gasteiger partial charge in [-0.1, -0.05) is 26.2 Å². The molecule has 3 fully saturated rings. The summed E-state index contributed by atoms with van der Waals surface area (Å²) >= 11 is 0. The van der Waals surface area contributed by atoms with Gasteiger partial charge in [0.25, 0.3) is 0 Å². The third-order valence-electron chi connectivity index (χ3n) is 7.43. The van der Waals surface area contributed by atoms with E-state index in [-0.39, 0.29) is 5.92 Å². The highest BCUT2D eigenvalue weighted by molar-refractivity contribution is 4.93. The summed E-state index contributed by atoms with van der Waals surface area (Å²) in [7, 11) is 0. The summed E-state index contributed by atoms with van der Waals surface area (Å²) in [4.78, 5) is 0. The summed E-state index contributed by atoms with van der Waals surface area (Å²) in [5, 5.41) is 9.50. The number of aliphatic hydroxyl groups is 1. The van der Waals surface area contributed by atoms with E-state index in [0.717, 1.165) is 30.6 Å². The fourth-order valence-corrected chi connectivity index (χ4v) is 5.74. The summed E-state index contributed by atoms with van der Waals surface area (Å²) in [6.45, 7) is 2.31. The molecule has 23 heavy (non-hydrogen) atoms. The molecule has 3 heteroatoms. The van der Waals surface area contributed by atoms with E-state index in [0.29, 0.717) is 18.8 Å². The number of alkyl halides is 2. The molecule has 0 amide bonds. The van der Waals surface area contributed by atoms with Gasteiger partial charge in [0.2, 0.25) is 0 Å². The van der Waals surface area contributed by atoms with E-state index in [9.17, 15) is 13.9 Å². The summed E-state index contributed by atoms with van der Waals surface area (Å²) in [6, 6.07) is 0. The van der Waals surface area contributed by atoms with E-state index < -0.39 is 18.4 Å². The van der Waals surface area contributed by atoms with E-state index in [4.69, 9.17) is 0 Å². The Labute approximate surface area is 140 Å². The molecule has 1 nitrogen and oxygen atoms in total. The highest BCUT2D eigenvalue weighted by Crippen LogP contribution is 2.46. The Kier molecular flexibility index (Phi) is 5.98. The van der Waals surface area contributed by atoms with Gasteiger partial charge in [-0.15, -0.1) is 0 Å². The molecule has 3 saturated carbocycles. The lowest BCUT2D eigenvalue weighted by Crippen LogP contribution is -2.44. The van der Waals surface area contributed by atoms with Gasteiger partial charge in [-0.25, -0.2) is 8.78 Å². The summed E-state index contributed by atoms with van der Waals surface area (Å²) in [5.41, 5.74) is 0. The minimum atomic E-state index is -1.66. The number of hydrogen-bond acceptors (Lipinski definition) is 1. The summed E-state index contributed by atoms with van der Waals surface area (Å²) in [5.74, 6) is 2.87. The SMILES string of the molecule is CCC1CCC(C2CCC(C3CCC(O)C(F)C3F)CC2)CC1. The molecule has 0 aromatic rings. The molecule has 0 heterocycles. The number of aliphatic hydroxyl groups excluding tert-OH is 1. The highest BCUT2D eigenvalue weighted by Gasteiger charge is 2.44. The Morgan fingerprint density at radius 3 is 1.78 bits per heavy atom. The first-order valence-electron chi connectivity index (χ1n) is 10.1. The zero-order chi connectivity index (χ0) is 16.4. The standard InChI is InChI=1S/C20H34F2O/c1-2-13-3-5-14(6-4-13)15-7-9-16(10-8-15)17-11-12-18(23)20(22)19(17)21/h13-20,23H,2-12H2,1H3. The average molecular weight is 328 g/mol. The van der Waals surface area contributed by atoms with Crippen molar-refractivity contribution in [3.8, 4) is 0 Å². The maximum atomic E-state index is 14.3. The monoisotopic (exact) mass is 328 g/mol. The van der Waals surface area contributed by atoms with E-state index in [1.165, 1.54) is 44.9 Å². The average Bonchev–Trinajstić information content (AvgIpc) is 2.60. The van der Waals surface area contributed by atoms with Gasteiger partial charge in [0.1, 0.15) is 6.17 Å². The van der Waals surface area contributed by atoms with Gasteiger partial charge in [-0.2, -0.15) is 0 Å². The fourth-order valence-electron chi connectivity index (χ4n) is 5.74. The zero-order valence-corrected chi connectivity index (χ0v) is 14.6. The first-order chi connectivity index (χ1) is 11.1. The van der Waals surface area contributed by atoms with Crippen molar-refractivity contribution >= 4 is 0 Å². The third-order valence-corrected chi connectivity index (χ3v) is 7.43. The molecule has 0 radical (unpaired) electrons. The lowest BCUT2D eigenvalue weighted by molar-refractivity contribution is -0.0561. The smallest absolute Gasteiger partial charge is 0.157 e. The predicted octanol–water partition coefficient (Wildman–Crippen LogP) is 5.46. The van der Waals surface area contributed by atoms with E-state index in [1.54, 1.807) is 0 Å². The van der Waals surface area contributed by atoms with Crippen molar-refractivity contribution in [2.45, 2.75) is 96.0 Å². The molecule has 0 spiro atoms. The molecular weight excluding hydrogens is 294 g/mol. The van der Waals surface area contributed by atoms with Crippen LogP contribution < -0.4 is 0 Å². The van der Waals surface area contributed by atoms with Crippen LogP contribution >= 0.6 is 0 Å². The molecule has 0 aromatic heterocycles. The maximum absolute atomic E-state index is 14.3. The van der Waals surface area contributed by atoms with Crippen LogP contribution in [0.2, 0.25) is 0 Å². The van der Waals surface area contributed by atoms with Crippen LogP contribution in [0.25, 0.3) is 0 Å². The van der Waals surface area contributed by atoms with Crippen LogP contribution in [0, 0.1) is 29.6 Å². The van der Waals surface area contributed by atoms with Gasteiger partial charge in [0, 0.05) is 0 Å². The second-order valence-corrected chi connectivity index (χ2v) is 8.56. The second-order valence-electron chi connectivity index (χ2n) is 8.56. The predicted molar refractivity (Wildman–Crippen MR) is 89.7 cm³/mol. The molecule has 3 aliphatic rings. The van der Waals surface area contributed by atoms with Crippen LogP contribution in [0.4, 0.5) is 8.78 Å². The topological polar surface area (TPSA) is 20.2 Å². The largest absolute Gasteiger partial charge is 0.390 e. The molecule has 0 saturated heterocycles. The van der Waals surface area contributed by atoms with Crippen LogP contribution in [-0.2, 0) is 0 Å². The summed E-state index contributed by atoms with van der Waals surface area (Å²) < 4.78 is 28.1. The van der Waals surface area contributed by atoms with Gasteiger partial charge < -0.3 is 5.11 Å². The van der Waals surface area contributed by atoms with Crippen LogP contribution in [0.3, 0.4) is 0 Å². The fraction of sp³-hybridized carbons (Fsp3) is 1.00. The Morgan fingerprint density at radius 1 is 0.696 bits per heavy atom. The molecule has 4 atom stereocenters. The van der Waals surface area contributed by atoms with Gasteiger partial charge >= 0.3 is 0 Å². The highest BCUT2D eigenvalue weighted by atomic mass is 19.2. The molecule has 134 valence electrons. The Morgan fingerprint density at radius 2 is 1.22 bits per heavy atom. The van der Waals surface area contributed by atoms with Gasteiger partial charge in [0.05, 0.1) is 6.10 Å². The third kappa shape index (κ3) is 3.91. The minimum absolute atomic E-state index is 0.148. The zero-order valence-electron chi connectivity index (χ0n) is 14.6. The quantitative estimate of drug-likeness (QED) is 0.729. The van der Waals surface area contributed by atoms with Gasteiger partial charge in [-0.3, -0.25) is 0 Å². The van der Waals surface area contributed by atoms with Crippen LogP contribution in [0.15, 0.2) is 0 Å². The number of rotatable bonds is 3. The molecule has 0 bridgehead atoms. The number of hydrogen-bond donors (Lipinski definition) is 1. The van der Waals surface area contributed by atoms with E-state index in [2.05, 4.69) is 6.92 Å². The van der Waals surface area contributed by atoms with Crippen molar-refractivity contribution in [1.29, 1.82) is 0 Å². The molecule has 0 aliphatic heterocycles. The van der Waals surface area contributed by atoms with Crippen molar-refractivity contribution in [3.05, 3.63) is 0 Å². The first-order valence-corrected chi connectivity index (χ1v) is 10.1. The minimum Gasteiger partial charge on any atom is -0.390 e. The molecule has 3 aliphatic carbocycles. The second kappa shape index (κ2) is 7.80. The van der Waals surface area contributed by atoms with Crippen molar-refractivity contribution in [3.63, 3.8) is 0 Å². The van der Waals surface area contributed by atoms with Crippen LogP contribution in [0.1, 0.15) is 77.6 Å². The van der Waals surface area contributed by atoms with Crippen LogP contribution in [-0.4, -0.2) is 23.6 Å². The van der Waals surface area contributed by atoms with Crippen molar-refractivity contribution in [1.82, 2.24) is 0 Å². The van der Waals surface area contributed by atoms with Crippen LogP contribution in [0.5, 0.6) is 0 Å². The molecule has 0 aromatic carbocycles. The normalized spacial score (nSPS) is 49.0. The molecule has 1 N–H and O–H groups in total. The lowest BCUT2D eigenvalue weighted by Gasteiger charge is -2.42. The molecule has 4 unspecified atom stereocenters. The summed E-state index contributed by atoms with van der Waals surface area (Å²) in [6.07, 6.45) is 8.42. The Balaban J connectivity index is 1.47. The Bertz CT molecular complexity index is 359. The Hall–Kier alpha value is -0.180. The lowest BCUT2D eigenvalue weighted by atomic mass is 9.65.